The minimum absolute atomic E-state index is 0.137. The van der Waals surface area contributed by atoms with E-state index in [9.17, 15) is 10.1 Å². The largest absolute Gasteiger partial charge is 0.492 e. The van der Waals surface area contributed by atoms with Crippen molar-refractivity contribution in [2.24, 2.45) is 5.84 Å². The molecule has 0 aliphatic heterocycles. The van der Waals surface area contributed by atoms with Crippen LogP contribution >= 0.6 is 15.9 Å². The molecule has 11 heteroatoms. The molecule has 10 nitrogen and oxygen atoms in total. The molecule has 0 aromatic carbocycles. The number of rotatable bonds is 4. The number of nitro groups is 1. The highest BCUT2D eigenvalue weighted by Gasteiger charge is 2.20. The quantitative estimate of drug-likeness (QED) is 0.466. The zero-order valence-electron chi connectivity index (χ0n) is 9.74. The molecule has 19 heavy (non-hydrogen) atoms. The van der Waals surface area contributed by atoms with Crippen LogP contribution < -0.4 is 11.3 Å². The molecule has 0 saturated carbocycles. The molecule has 2 heterocycles. The molecule has 0 aliphatic rings. The zero-order chi connectivity index (χ0) is 14.0. The summed E-state index contributed by atoms with van der Waals surface area (Å²) in [5.41, 5.74) is 3.13. The standard InChI is InChI=1S/C8H9BrN8O2/c1-4-2-5(14-10)12-6(11-4)3-16-7(9)13-8(15-16)17(18)19/h2H,3,10H2,1H3,(H,11,12,14). The van der Waals surface area contributed by atoms with Crippen molar-refractivity contribution in [2.45, 2.75) is 13.5 Å². The van der Waals surface area contributed by atoms with Gasteiger partial charge in [0, 0.05) is 32.8 Å². The average molecular weight is 329 g/mol. The normalized spacial score (nSPS) is 10.5. The van der Waals surface area contributed by atoms with Gasteiger partial charge < -0.3 is 15.5 Å². The van der Waals surface area contributed by atoms with Gasteiger partial charge in [0.05, 0.1) is 0 Å². The molecule has 2 aromatic rings. The second kappa shape index (κ2) is 5.24. The maximum atomic E-state index is 10.6. The van der Waals surface area contributed by atoms with Gasteiger partial charge in [-0.2, -0.15) is 4.68 Å². The molecule has 2 rings (SSSR count). The second-order valence-corrected chi connectivity index (χ2v) is 4.26. The number of nitrogens with zero attached hydrogens (tertiary/aromatic N) is 6. The fraction of sp³-hybridized carbons (Fsp3) is 0.250. The highest BCUT2D eigenvalue weighted by atomic mass is 79.9. The molecule has 0 saturated heterocycles. The number of hydrogen-bond acceptors (Lipinski definition) is 8. The van der Waals surface area contributed by atoms with Crippen LogP contribution in [0.2, 0.25) is 0 Å². The second-order valence-electron chi connectivity index (χ2n) is 3.55. The van der Waals surface area contributed by atoms with E-state index < -0.39 is 10.9 Å². The number of aromatic nitrogens is 5. The molecule has 0 bridgehead atoms. The van der Waals surface area contributed by atoms with Gasteiger partial charge in [-0.05, 0) is 16.8 Å². The number of aryl methyl sites for hydroxylation is 1. The lowest BCUT2D eigenvalue weighted by molar-refractivity contribution is -0.394. The molecule has 0 aliphatic carbocycles. The fourth-order valence-corrected chi connectivity index (χ4v) is 1.76. The minimum Gasteiger partial charge on any atom is -0.390 e. The van der Waals surface area contributed by atoms with Crippen molar-refractivity contribution in [2.75, 3.05) is 5.43 Å². The number of anilines is 1. The molecule has 0 radical (unpaired) electrons. The van der Waals surface area contributed by atoms with Crippen LogP contribution in [0.1, 0.15) is 11.5 Å². The molecule has 0 spiro atoms. The number of halogens is 1. The van der Waals surface area contributed by atoms with Gasteiger partial charge >= 0.3 is 5.95 Å². The molecule has 0 fully saturated rings. The summed E-state index contributed by atoms with van der Waals surface area (Å²) >= 11 is 3.09. The summed E-state index contributed by atoms with van der Waals surface area (Å²) < 4.78 is 1.51. The Morgan fingerprint density at radius 3 is 2.84 bits per heavy atom. The molecule has 100 valence electrons. The van der Waals surface area contributed by atoms with Crippen LogP contribution in [0.3, 0.4) is 0 Å². The highest BCUT2D eigenvalue weighted by molar-refractivity contribution is 9.10. The van der Waals surface area contributed by atoms with E-state index >= 15 is 0 Å². The minimum atomic E-state index is -0.675. The Kier molecular flexibility index (Phi) is 3.66. The maximum Gasteiger partial charge on any atom is 0.492 e. The lowest BCUT2D eigenvalue weighted by Gasteiger charge is -2.03. The Morgan fingerprint density at radius 1 is 1.53 bits per heavy atom. The molecule has 0 atom stereocenters. The van der Waals surface area contributed by atoms with E-state index in [0.29, 0.717) is 17.3 Å². The van der Waals surface area contributed by atoms with Crippen LogP contribution in [0.4, 0.5) is 11.8 Å². The van der Waals surface area contributed by atoms with Crippen molar-refractivity contribution in [3.05, 3.63) is 32.4 Å². The Labute approximate surface area is 115 Å². The van der Waals surface area contributed by atoms with Crippen LogP contribution in [-0.2, 0) is 6.54 Å². The number of nitrogen functional groups attached to an aromatic ring is 1. The van der Waals surface area contributed by atoms with Crippen LogP contribution in [-0.4, -0.2) is 29.7 Å². The summed E-state index contributed by atoms with van der Waals surface area (Å²) in [5, 5.41) is 14.3. The summed E-state index contributed by atoms with van der Waals surface area (Å²) in [6.07, 6.45) is 0. The third-order valence-corrected chi connectivity index (χ3v) is 2.70. The first-order chi connectivity index (χ1) is 8.99. The zero-order valence-corrected chi connectivity index (χ0v) is 11.3. The lowest BCUT2D eigenvalue weighted by atomic mass is 10.4. The Bertz CT molecular complexity index is 627. The number of nitrogens with two attached hydrogens (primary N) is 1. The van der Waals surface area contributed by atoms with E-state index in [-0.39, 0.29) is 11.3 Å². The van der Waals surface area contributed by atoms with Gasteiger partial charge in [-0.1, -0.05) is 0 Å². The highest BCUT2D eigenvalue weighted by Crippen LogP contribution is 2.14. The Hall–Kier alpha value is -2.14. The van der Waals surface area contributed by atoms with E-state index in [4.69, 9.17) is 5.84 Å². The Morgan fingerprint density at radius 2 is 2.26 bits per heavy atom. The molecule has 3 N–H and O–H groups in total. The summed E-state index contributed by atoms with van der Waals surface area (Å²) in [5.74, 6) is 5.65. The first kappa shape index (κ1) is 13.3. The van der Waals surface area contributed by atoms with Gasteiger partial charge in [-0.15, -0.1) is 0 Å². The fourth-order valence-electron chi connectivity index (χ4n) is 1.40. The molecular formula is C8H9BrN8O2. The van der Waals surface area contributed by atoms with Crippen molar-refractivity contribution in [1.82, 2.24) is 24.7 Å². The van der Waals surface area contributed by atoms with Crippen molar-refractivity contribution in [3.63, 3.8) is 0 Å². The van der Waals surface area contributed by atoms with Crippen LogP contribution in [0.15, 0.2) is 10.8 Å². The number of hydrazine groups is 1. The van der Waals surface area contributed by atoms with E-state index in [1.807, 2.05) is 0 Å². The van der Waals surface area contributed by atoms with Gasteiger partial charge in [0.1, 0.15) is 12.4 Å². The smallest absolute Gasteiger partial charge is 0.390 e. The van der Waals surface area contributed by atoms with Crippen LogP contribution in [0, 0.1) is 17.0 Å². The third-order valence-electron chi connectivity index (χ3n) is 2.12. The molecule has 2 aromatic heterocycles. The van der Waals surface area contributed by atoms with Crippen LogP contribution in [0.25, 0.3) is 0 Å². The van der Waals surface area contributed by atoms with Crippen LogP contribution in [0.5, 0.6) is 0 Å². The monoisotopic (exact) mass is 328 g/mol. The summed E-state index contributed by atoms with van der Waals surface area (Å²) in [4.78, 5) is 21.8. The number of hydrogen-bond donors (Lipinski definition) is 2. The lowest BCUT2D eigenvalue weighted by Crippen LogP contribution is -2.13. The topological polar surface area (TPSA) is 138 Å². The predicted molar refractivity (Wildman–Crippen MR) is 68.1 cm³/mol. The Balaban J connectivity index is 2.30. The van der Waals surface area contributed by atoms with Crippen molar-refractivity contribution in [1.29, 1.82) is 0 Å². The van der Waals surface area contributed by atoms with Crippen molar-refractivity contribution < 1.29 is 4.92 Å². The SMILES string of the molecule is Cc1cc(NN)nc(Cn2nc([N+](=O)[O-])nc2Br)n1. The van der Waals surface area contributed by atoms with Gasteiger partial charge in [-0.3, -0.25) is 0 Å². The van der Waals surface area contributed by atoms with E-state index in [2.05, 4.69) is 41.4 Å². The van der Waals surface area contributed by atoms with Gasteiger partial charge in [-0.25, -0.2) is 15.8 Å². The molecule has 0 amide bonds. The first-order valence-corrected chi connectivity index (χ1v) is 5.85. The molecule has 0 unspecified atom stereocenters. The first-order valence-electron chi connectivity index (χ1n) is 5.05. The van der Waals surface area contributed by atoms with Gasteiger partial charge in [0.25, 0.3) is 4.73 Å². The predicted octanol–water partition coefficient (Wildman–Crippen LogP) is 0.381. The summed E-state index contributed by atoms with van der Waals surface area (Å²) in [6, 6.07) is 1.67. The van der Waals surface area contributed by atoms with Gasteiger partial charge in [0.15, 0.2) is 5.82 Å². The molecular weight excluding hydrogens is 320 g/mol. The third kappa shape index (κ3) is 3.00. The van der Waals surface area contributed by atoms with E-state index in [1.165, 1.54) is 4.68 Å². The number of nitrogens with one attached hydrogen (secondary N) is 1. The van der Waals surface area contributed by atoms with E-state index in [0.717, 1.165) is 0 Å². The van der Waals surface area contributed by atoms with E-state index in [1.54, 1.807) is 13.0 Å². The van der Waals surface area contributed by atoms with Crippen molar-refractivity contribution in [3.8, 4) is 0 Å². The summed E-state index contributed by atoms with van der Waals surface area (Å²) in [7, 11) is 0. The van der Waals surface area contributed by atoms with Crippen molar-refractivity contribution >= 4 is 27.7 Å². The van der Waals surface area contributed by atoms with Gasteiger partial charge in [0.2, 0.25) is 0 Å². The summed E-state index contributed by atoms with van der Waals surface area (Å²) in [6.45, 7) is 1.92. The average Bonchev–Trinajstić information content (AvgIpc) is 2.70. The maximum absolute atomic E-state index is 10.6.